The zero-order valence-corrected chi connectivity index (χ0v) is 22.6. The van der Waals surface area contributed by atoms with Gasteiger partial charge < -0.3 is 18.9 Å². The number of hydrogen-bond donors (Lipinski definition) is 0. The van der Waals surface area contributed by atoms with Gasteiger partial charge in [0.05, 0.1) is 7.11 Å². The van der Waals surface area contributed by atoms with Crippen molar-refractivity contribution in [3.63, 3.8) is 0 Å². The standard InChI is InChI=1S/C28H31BrN2O5/c1-28(2,3)36-27(34)30-14-8-9-18(16-30)17-31-24(26(33)35-4)23(19-10-6-5-7-11-19)22-15-20(29)12-13-21(22)25(31)32/h5-7,10-13,15,18H,8-9,14,16-17H2,1-4H3. The molecule has 1 amide bonds. The highest BCUT2D eigenvalue weighted by Gasteiger charge is 2.30. The SMILES string of the molecule is COC(=O)c1c(-c2ccccc2)c2cc(Br)ccc2c(=O)n1CC1CCCN(C(=O)OC(C)(C)C)C1. The van der Waals surface area contributed by atoms with Crippen LogP contribution in [-0.2, 0) is 16.0 Å². The molecule has 0 spiro atoms. The summed E-state index contributed by atoms with van der Waals surface area (Å²) in [5.74, 6) is -0.600. The van der Waals surface area contributed by atoms with Crippen LogP contribution in [0.2, 0.25) is 0 Å². The zero-order chi connectivity index (χ0) is 26.0. The molecule has 4 rings (SSSR count). The Morgan fingerprint density at radius 2 is 1.81 bits per heavy atom. The number of carbonyl (C=O) groups excluding carboxylic acids is 2. The Bertz CT molecular complexity index is 1340. The van der Waals surface area contributed by atoms with Crippen molar-refractivity contribution in [2.75, 3.05) is 20.2 Å². The zero-order valence-electron chi connectivity index (χ0n) is 21.0. The van der Waals surface area contributed by atoms with E-state index in [2.05, 4.69) is 15.9 Å². The lowest BCUT2D eigenvalue weighted by Crippen LogP contribution is -2.44. The molecule has 1 unspecified atom stereocenters. The topological polar surface area (TPSA) is 77.8 Å². The summed E-state index contributed by atoms with van der Waals surface area (Å²) < 4.78 is 13.1. The Balaban J connectivity index is 1.83. The maximum Gasteiger partial charge on any atom is 0.410 e. The number of methoxy groups -OCH3 is 1. The van der Waals surface area contributed by atoms with Crippen LogP contribution in [0.3, 0.4) is 0 Å². The van der Waals surface area contributed by atoms with Crippen molar-refractivity contribution in [2.45, 2.75) is 45.8 Å². The number of piperidine rings is 1. The van der Waals surface area contributed by atoms with Gasteiger partial charge in [0.2, 0.25) is 0 Å². The van der Waals surface area contributed by atoms with Crippen molar-refractivity contribution >= 4 is 38.8 Å². The predicted octanol–water partition coefficient (Wildman–Crippen LogP) is 5.86. The van der Waals surface area contributed by atoms with Crippen LogP contribution in [0, 0.1) is 5.92 Å². The van der Waals surface area contributed by atoms with E-state index in [0.29, 0.717) is 29.4 Å². The number of rotatable bonds is 4. The van der Waals surface area contributed by atoms with E-state index in [9.17, 15) is 14.4 Å². The number of nitrogens with zero attached hydrogens (tertiary/aromatic N) is 2. The van der Waals surface area contributed by atoms with Crippen molar-refractivity contribution < 1.29 is 19.1 Å². The smallest absolute Gasteiger partial charge is 0.410 e. The number of halogens is 1. The van der Waals surface area contributed by atoms with E-state index in [1.807, 2.05) is 63.2 Å². The van der Waals surface area contributed by atoms with Gasteiger partial charge in [-0.25, -0.2) is 9.59 Å². The molecule has 1 fully saturated rings. The van der Waals surface area contributed by atoms with Crippen molar-refractivity contribution in [1.82, 2.24) is 9.47 Å². The Kier molecular flexibility index (Phi) is 7.54. The van der Waals surface area contributed by atoms with E-state index in [1.54, 1.807) is 11.0 Å². The highest BCUT2D eigenvalue weighted by Crippen LogP contribution is 2.33. The summed E-state index contributed by atoms with van der Waals surface area (Å²) in [5, 5.41) is 1.20. The largest absolute Gasteiger partial charge is 0.464 e. The van der Waals surface area contributed by atoms with Crippen LogP contribution in [0.4, 0.5) is 4.79 Å². The van der Waals surface area contributed by atoms with Gasteiger partial charge in [-0.2, -0.15) is 0 Å². The molecule has 0 saturated carbocycles. The maximum absolute atomic E-state index is 13.8. The van der Waals surface area contributed by atoms with Crippen LogP contribution in [0.5, 0.6) is 0 Å². The third-order valence-corrected chi connectivity index (χ3v) is 6.78. The summed E-state index contributed by atoms with van der Waals surface area (Å²) in [6.07, 6.45) is 1.25. The van der Waals surface area contributed by atoms with Crippen LogP contribution >= 0.6 is 15.9 Å². The second-order valence-corrected chi connectivity index (χ2v) is 11.0. The molecule has 2 aromatic carbocycles. The number of hydrogen-bond acceptors (Lipinski definition) is 5. The van der Waals surface area contributed by atoms with Crippen molar-refractivity contribution in [1.29, 1.82) is 0 Å². The van der Waals surface area contributed by atoms with Crippen LogP contribution < -0.4 is 5.56 Å². The second kappa shape index (κ2) is 10.5. The first-order valence-electron chi connectivity index (χ1n) is 12.1. The first-order chi connectivity index (χ1) is 17.1. The summed E-state index contributed by atoms with van der Waals surface area (Å²) in [4.78, 5) is 41.4. The number of amides is 1. The minimum Gasteiger partial charge on any atom is -0.464 e. The van der Waals surface area contributed by atoms with E-state index >= 15 is 0 Å². The molecular formula is C28H31BrN2O5. The van der Waals surface area contributed by atoms with E-state index in [1.165, 1.54) is 11.7 Å². The number of aromatic nitrogens is 1. The van der Waals surface area contributed by atoms with Crippen LogP contribution in [0.25, 0.3) is 21.9 Å². The molecule has 36 heavy (non-hydrogen) atoms. The molecule has 1 atom stereocenters. The number of likely N-dealkylation sites (tertiary alicyclic amines) is 1. The van der Waals surface area contributed by atoms with Gasteiger partial charge in [-0.15, -0.1) is 0 Å². The molecule has 0 radical (unpaired) electrons. The van der Waals surface area contributed by atoms with E-state index in [4.69, 9.17) is 9.47 Å². The van der Waals surface area contributed by atoms with Crippen molar-refractivity contribution in [3.05, 3.63) is 69.1 Å². The first-order valence-corrected chi connectivity index (χ1v) is 12.9. The minimum atomic E-state index is -0.587. The average Bonchev–Trinajstić information content (AvgIpc) is 2.84. The minimum absolute atomic E-state index is 0.0242. The molecule has 0 N–H and O–H groups in total. The first kappa shape index (κ1) is 25.9. The molecule has 8 heteroatoms. The van der Waals surface area contributed by atoms with Crippen molar-refractivity contribution in [2.24, 2.45) is 5.92 Å². The Morgan fingerprint density at radius 1 is 1.08 bits per heavy atom. The van der Waals surface area contributed by atoms with E-state index < -0.39 is 11.6 Å². The van der Waals surface area contributed by atoms with E-state index in [0.717, 1.165) is 22.9 Å². The van der Waals surface area contributed by atoms with Crippen LogP contribution in [0.15, 0.2) is 57.8 Å². The Labute approximate surface area is 219 Å². The van der Waals surface area contributed by atoms with Crippen LogP contribution in [-0.4, -0.2) is 47.3 Å². The quantitative estimate of drug-likeness (QED) is 0.377. The van der Waals surface area contributed by atoms with Crippen molar-refractivity contribution in [3.8, 4) is 11.1 Å². The molecule has 1 saturated heterocycles. The normalized spacial score (nSPS) is 16.1. The van der Waals surface area contributed by atoms with Crippen LogP contribution in [0.1, 0.15) is 44.1 Å². The molecule has 0 aliphatic carbocycles. The highest BCUT2D eigenvalue weighted by molar-refractivity contribution is 9.10. The average molecular weight is 555 g/mol. The number of fused-ring (bicyclic) bond motifs is 1. The molecule has 7 nitrogen and oxygen atoms in total. The summed E-state index contributed by atoms with van der Waals surface area (Å²) in [7, 11) is 1.32. The Morgan fingerprint density at radius 3 is 2.47 bits per heavy atom. The van der Waals surface area contributed by atoms with Gasteiger partial charge in [0.1, 0.15) is 11.3 Å². The molecule has 3 aromatic rings. The molecule has 190 valence electrons. The second-order valence-electron chi connectivity index (χ2n) is 10.1. The fourth-order valence-electron chi connectivity index (χ4n) is 4.76. The number of carbonyl (C=O) groups is 2. The summed E-state index contributed by atoms with van der Waals surface area (Å²) in [6.45, 7) is 6.85. The molecule has 2 heterocycles. The van der Waals surface area contributed by atoms with Gasteiger partial charge in [0.15, 0.2) is 0 Å². The van der Waals surface area contributed by atoms with Gasteiger partial charge in [-0.05, 0) is 68.7 Å². The number of esters is 1. The molecule has 1 aliphatic rings. The highest BCUT2D eigenvalue weighted by atomic mass is 79.9. The molecule has 1 aromatic heterocycles. The molecule has 1 aliphatic heterocycles. The predicted molar refractivity (Wildman–Crippen MR) is 143 cm³/mol. The number of benzene rings is 2. The molecule has 0 bridgehead atoms. The summed E-state index contributed by atoms with van der Waals surface area (Å²) in [6, 6.07) is 15.0. The van der Waals surface area contributed by atoms with Gasteiger partial charge in [0, 0.05) is 35.1 Å². The monoisotopic (exact) mass is 554 g/mol. The van der Waals surface area contributed by atoms with Gasteiger partial charge in [-0.1, -0.05) is 46.3 Å². The van der Waals surface area contributed by atoms with Gasteiger partial charge >= 0.3 is 12.1 Å². The lowest BCUT2D eigenvalue weighted by molar-refractivity contribution is 0.0155. The summed E-state index contributed by atoms with van der Waals surface area (Å²) >= 11 is 3.51. The van der Waals surface area contributed by atoms with Gasteiger partial charge in [-0.3, -0.25) is 4.79 Å². The fraction of sp³-hybridized carbons (Fsp3) is 0.393. The third kappa shape index (κ3) is 5.48. The molecular weight excluding hydrogens is 524 g/mol. The summed E-state index contributed by atoms with van der Waals surface area (Å²) in [5.41, 5.74) is 0.837. The fourth-order valence-corrected chi connectivity index (χ4v) is 5.13. The Hall–Kier alpha value is -3.13. The number of pyridine rings is 1. The maximum atomic E-state index is 13.8. The number of ether oxygens (including phenoxy) is 2. The van der Waals surface area contributed by atoms with Gasteiger partial charge in [0.25, 0.3) is 5.56 Å². The lowest BCUT2D eigenvalue weighted by Gasteiger charge is -2.34. The third-order valence-electron chi connectivity index (χ3n) is 6.29. The van der Waals surface area contributed by atoms with E-state index in [-0.39, 0.29) is 29.8 Å². The lowest BCUT2D eigenvalue weighted by atomic mass is 9.94.